The van der Waals surface area contributed by atoms with Gasteiger partial charge in [-0.05, 0) is 54.6 Å². The number of aromatic amines is 1. The maximum absolute atomic E-state index is 4.68. The summed E-state index contributed by atoms with van der Waals surface area (Å²) in [5.74, 6) is 0. The number of nitrogens with one attached hydrogen (secondary N) is 2. The van der Waals surface area contributed by atoms with E-state index in [0.717, 1.165) is 54.4 Å². The Labute approximate surface area is 197 Å². The second-order valence-corrected chi connectivity index (χ2v) is 9.86. The van der Waals surface area contributed by atoms with Crippen LogP contribution in [0.4, 0.5) is 11.4 Å². The molecule has 4 heterocycles. The number of nitrogens with zero attached hydrogens (tertiary/aromatic N) is 3. The second kappa shape index (κ2) is 8.63. The normalized spacial score (nSPS) is 15.4. The summed E-state index contributed by atoms with van der Waals surface area (Å²) in [4.78, 5) is 15.2. The van der Waals surface area contributed by atoms with Crippen molar-refractivity contribution in [3.05, 3.63) is 78.6 Å². The second-order valence-electron chi connectivity index (χ2n) is 8.83. The highest BCUT2D eigenvalue weighted by molar-refractivity contribution is 7.22. The molecule has 2 aromatic carbocycles. The molecular weight excluding hydrogens is 426 g/mol. The van der Waals surface area contributed by atoms with Crippen LogP contribution in [0.15, 0.2) is 73.1 Å². The molecule has 1 saturated heterocycles. The molecule has 1 aliphatic heterocycles. The van der Waals surface area contributed by atoms with Crippen molar-refractivity contribution in [1.82, 2.24) is 19.8 Å². The van der Waals surface area contributed by atoms with Crippen molar-refractivity contribution in [2.45, 2.75) is 6.54 Å². The van der Waals surface area contributed by atoms with E-state index in [2.05, 4.69) is 92.8 Å². The molecular formula is C27H27N5S. The van der Waals surface area contributed by atoms with E-state index in [1.165, 1.54) is 26.8 Å². The van der Waals surface area contributed by atoms with E-state index in [1.807, 2.05) is 12.4 Å². The lowest BCUT2D eigenvalue weighted by Gasteiger charge is -2.32. The first kappa shape index (κ1) is 20.4. The Hall–Kier alpha value is -3.19. The van der Waals surface area contributed by atoms with Crippen molar-refractivity contribution in [1.29, 1.82) is 0 Å². The summed E-state index contributed by atoms with van der Waals surface area (Å²) >= 11 is 1.77. The van der Waals surface area contributed by atoms with Gasteiger partial charge in [0.2, 0.25) is 0 Å². The summed E-state index contributed by atoms with van der Waals surface area (Å²) in [6.45, 7) is 5.52. The zero-order chi connectivity index (χ0) is 22.2. The monoisotopic (exact) mass is 453 g/mol. The SMILES string of the molecule is CN1CCN(Cc2ccccc2-c2cc3c(Nc4ccc5[nH]ccc5c4)ccnc3s2)CC1. The van der Waals surface area contributed by atoms with Crippen LogP contribution in [-0.4, -0.2) is 53.0 Å². The van der Waals surface area contributed by atoms with Gasteiger partial charge in [-0.25, -0.2) is 4.98 Å². The number of anilines is 2. The molecule has 5 aromatic rings. The molecule has 6 rings (SSSR count). The fourth-order valence-electron chi connectivity index (χ4n) is 4.61. The molecule has 33 heavy (non-hydrogen) atoms. The first-order valence-corrected chi connectivity index (χ1v) is 12.3. The van der Waals surface area contributed by atoms with Crippen LogP contribution in [0, 0.1) is 0 Å². The van der Waals surface area contributed by atoms with Crippen LogP contribution >= 0.6 is 11.3 Å². The molecule has 0 atom stereocenters. The van der Waals surface area contributed by atoms with Gasteiger partial charge in [0.15, 0.2) is 0 Å². The van der Waals surface area contributed by atoms with Gasteiger partial charge in [-0.15, -0.1) is 11.3 Å². The molecule has 5 nitrogen and oxygen atoms in total. The Morgan fingerprint density at radius 1 is 1.00 bits per heavy atom. The number of thiophene rings is 1. The number of aromatic nitrogens is 2. The molecule has 0 unspecified atom stereocenters. The van der Waals surface area contributed by atoms with E-state index >= 15 is 0 Å². The number of rotatable bonds is 5. The van der Waals surface area contributed by atoms with Crippen LogP contribution in [0.5, 0.6) is 0 Å². The zero-order valence-electron chi connectivity index (χ0n) is 18.7. The lowest BCUT2D eigenvalue weighted by atomic mass is 10.0. The van der Waals surface area contributed by atoms with E-state index in [9.17, 15) is 0 Å². The van der Waals surface area contributed by atoms with Gasteiger partial charge in [-0.2, -0.15) is 0 Å². The minimum absolute atomic E-state index is 0.994. The highest BCUT2D eigenvalue weighted by Gasteiger charge is 2.17. The van der Waals surface area contributed by atoms with Gasteiger partial charge in [0.1, 0.15) is 4.83 Å². The molecule has 0 aliphatic carbocycles. The number of H-pyrrole nitrogens is 1. The number of likely N-dealkylation sites (N-methyl/N-ethyl adjacent to an activating group) is 1. The number of piperazine rings is 1. The molecule has 1 aliphatic rings. The molecule has 0 bridgehead atoms. The topological polar surface area (TPSA) is 47.2 Å². The molecule has 166 valence electrons. The number of hydrogen-bond donors (Lipinski definition) is 2. The predicted octanol–water partition coefficient (Wildman–Crippen LogP) is 5.94. The maximum Gasteiger partial charge on any atom is 0.125 e. The predicted molar refractivity (Wildman–Crippen MR) is 139 cm³/mol. The Balaban J connectivity index is 1.32. The minimum Gasteiger partial charge on any atom is -0.361 e. The van der Waals surface area contributed by atoms with Gasteiger partial charge in [0.05, 0.1) is 5.69 Å². The maximum atomic E-state index is 4.68. The molecule has 6 heteroatoms. The van der Waals surface area contributed by atoms with Crippen LogP contribution in [0.2, 0.25) is 0 Å². The van der Waals surface area contributed by atoms with E-state index in [4.69, 9.17) is 0 Å². The highest BCUT2D eigenvalue weighted by Crippen LogP contribution is 2.38. The van der Waals surface area contributed by atoms with E-state index in [-0.39, 0.29) is 0 Å². The minimum atomic E-state index is 0.994. The summed E-state index contributed by atoms with van der Waals surface area (Å²) in [6.07, 6.45) is 3.87. The first-order chi connectivity index (χ1) is 16.2. The Morgan fingerprint density at radius 3 is 2.79 bits per heavy atom. The van der Waals surface area contributed by atoms with Crippen molar-refractivity contribution in [3.63, 3.8) is 0 Å². The highest BCUT2D eigenvalue weighted by atomic mass is 32.1. The standard InChI is InChI=1S/C27H27N5S/c1-31-12-14-32(15-13-31)18-20-4-2-3-5-22(20)26-17-23-25(9-11-29-27(23)33-26)30-21-6-7-24-19(16-21)8-10-28-24/h2-11,16-17,28H,12-15,18H2,1H3,(H,29,30). The molecule has 0 amide bonds. The van der Waals surface area contributed by atoms with Crippen molar-refractivity contribution in [2.75, 3.05) is 38.5 Å². The number of fused-ring (bicyclic) bond motifs is 2. The van der Waals surface area contributed by atoms with Crippen LogP contribution in [0.25, 0.3) is 31.6 Å². The van der Waals surface area contributed by atoms with Crippen molar-refractivity contribution in [3.8, 4) is 10.4 Å². The Bertz CT molecular complexity index is 1410. The molecule has 1 fully saturated rings. The average molecular weight is 454 g/mol. The number of hydrogen-bond acceptors (Lipinski definition) is 5. The third-order valence-corrected chi connectivity index (χ3v) is 7.62. The van der Waals surface area contributed by atoms with Crippen molar-refractivity contribution in [2.24, 2.45) is 0 Å². The van der Waals surface area contributed by atoms with E-state index in [1.54, 1.807) is 11.3 Å². The number of pyridine rings is 1. The van der Waals surface area contributed by atoms with Crippen molar-refractivity contribution < 1.29 is 0 Å². The molecule has 0 saturated carbocycles. The van der Waals surface area contributed by atoms with Crippen LogP contribution < -0.4 is 5.32 Å². The zero-order valence-corrected chi connectivity index (χ0v) is 19.5. The Kier molecular flexibility index (Phi) is 5.34. The van der Waals surface area contributed by atoms with Gasteiger partial charge < -0.3 is 15.2 Å². The smallest absolute Gasteiger partial charge is 0.125 e. The first-order valence-electron chi connectivity index (χ1n) is 11.4. The third-order valence-electron chi connectivity index (χ3n) is 6.54. The molecule has 0 radical (unpaired) electrons. The summed E-state index contributed by atoms with van der Waals surface area (Å²) in [5.41, 5.74) is 6.03. The summed E-state index contributed by atoms with van der Waals surface area (Å²) in [7, 11) is 2.21. The molecule has 3 aromatic heterocycles. The average Bonchev–Trinajstić information content (AvgIpc) is 3.48. The molecule has 0 spiro atoms. The fourth-order valence-corrected chi connectivity index (χ4v) is 5.70. The summed E-state index contributed by atoms with van der Waals surface area (Å²) in [6, 6.07) is 21.7. The van der Waals surface area contributed by atoms with Gasteiger partial charge in [-0.3, -0.25) is 4.90 Å². The van der Waals surface area contributed by atoms with Crippen molar-refractivity contribution >= 4 is 43.8 Å². The van der Waals surface area contributed by atoms with Gasteiger partial charge in [0.25, 0.3) is 0 Å². The van der Waals surface area contributed by atoms with Gasteiger partial charge >= 0.3 is 0 Å². The Morgan fingerprint density at radius 2 is 1.88 bits per heavy atom. The lowest BCUT2D eigenvalue weighted by Crippen LogP contribution is -2.43. The summed E-state index contributed by atoms with van der Waals surface area (Å²) < 4.78 is 0. The van der Waals surface area contributed by atoms with Crippen LogP contribution in [0.3, 0.4) is 0 Å². The van der Waals surface area contributed by atoms with E-state index in [0.29, 0.717) is 0 Å². The quantitative estimate of drug-likeness (QED) is 0.346. The van der Waals surface area contributed by atoms with E-state index < -0.39 is 0 Å². The largest absolute Gasteiger partial charge is 0.361 e. The van der Waals surface area contributed by atoms with Crippen LogP contribution in [-0.2, 0) is 6.54 Å². The van der Waals surface area contributed by atoms with Crippen LogP contribution in [0.1, 0.15) is 5.56 Å². The van der Waals surface area contributed by atoms with Gasteiger partial charge in [0, 0.05) is 72.0 Å². The number of benzene rings is 2. The molecule has 2 N–H and O–H groups in total. The third kappa shape index (κ3) is 4.13. The lowest BCUT2D eigenvalue weighted by molar-refractivity contribution is 0.148. The van der Waals surface area contributed by atoms with Gasteiger partial charge in [-0.1, -0.05) is 24.3 Å². The summed E-state index contributed by atoms with van der Waals surface area (Å²) in [5, 5.41) is 5.99. The fraction of sp³-hybridized carbons (Fsp3) is 0.222.